The summed E-state index contributed by atoms with van der Waals surface area (Å²) in [6, 6.07) is 18.0. The number of hydrogen-bond donors (Lipinski definition) is 2. The second kappa shape index (κ2) is 10.6. The maximum atomic E-state index is 13.9. The van der Waals surface area contributed by atoms with Gasteiger partial charge in [-0.15, -0.1) is 0 Å². The predicted molar refractivity (Wildman–Crippen MR) is 148 cm³/mol. The van der Waals surface area contributed by atoms with Crippen molar-refractivity contribution in [2.45, 2.75) is 24.4 Å². The van der Waals surface area contributed by atoms with E-state index in [4.69, 9.17) is 4.74 Å². The van der Waals surface area contributed by atoms with Gasteiger partial charge in [-0.25, -0.2) is 4.98 Å². The van der Waals surface area contributed by atoms with Crippen molar-refractivity contribution < 1.29 is 31.1 Å². The molecule has 0 radical (unpaired) electrons. The van der Waals surface area contributed by atoms with Gasteiger partial charge in [0.15, 0.2) is 6.04 Å². The van der Waals surface area contributed by atoms with Crippen LogP contribution < -0.4 is 15.4 Å². The second-order valence-corrected chi connectivity index (χ2v) is 9.82. The van der Waals surface area contributed by atoms with Crippen molar-refractivity contribution in [1.29, 1.82) is 0 Å². The minimum atomic E-state index is -4.55. The summed E-state index contributed by atoms with van der Waals surface area (Å²) in [7, 11) is 1.72. The van der Waals surface area contributed by atoms with E-state index in [1.54, 1.807) is 66.2 Å². The molecule has 1 aliphatic heterocycles. The van der Waals surface area contributed by atoms with Crippen LogP contribution in [0.1, 0.15) is 22.9 Å². The van der Waals surface area contributed by atoms with Crippen molar-refractivity contribution in [3.05, 3.63) is 108 Å². The lowest BCUT2D eigenvalue weighted by Gasteiger charge is -2.21. The summed E-state index contributed by atoms with van der Waals surface area (Å²) in [5, 5.41) is 5.39. The van der Waals surface area contributed by atoms with E-state index in [1.807, 2.05) is 0 Å². The van der Waals surface area contributed by atoms with E-state index in [1.165, 1.54) is 24.4 Å². The molecule has 3 heterocycles. The molecule has 2 unspecified atom stereocenters. The summed E-state index contributed by atoms with van der Waals surface area (Å²) in [4.78, 5) is 13.0. The molecule has 3 aromatic carbocycles. The van der Waals surface area contributed by atoms with Gasteiger partial charge in [-0.3, -0.25) is 9.98 Å². The number of halogens is 6. The zero-order valence-electron chi connectivity index (χ0n) is 22.3. The highest BCUT2D eigenvalue weighted by Crippen LogP contribution is 2.37. The number of aromatic nitrogens is 3. The topological polar surface area (TPSA) is 76.4 Å². The highest BCUT2D eigenvalue weighted by molar-refractivity contribution is 5.99. The molecule has 0 amide bonds. The first-order valence-electron chi connectivity index (χ1n) is 13.0. The first-order valence-corrected chi connectivity index (χ1v) is 13.0. The number of alkyl halides is 6. The van der Waals surface area contributed by atoms with Gasteiger partial charge in [-0.1, -0.05) is 36.4 Å². The van der Waals surface area contributed by atoms with Crippen molar-refractivity contribution in [3.8, 4) is 11.5 Å². The molecule has 13 heteroatoms. The Morgan fingerprint density at radius 2 is 1.63 bits per heavy atom. The van der Waals surface area contributed by atoms with Gasteiger partial charge in [-0.05, 0) is 42.0 Å². The average molecular weight is 597 g/mol. The summed E-state index contributed by atoms with van der Waals surface area (Å²) in [6.45, 7) is 0. The molecule has 43 heavy (non-hydrogen) atoms. The van der Waals surface area contributed by atoms with Gasteiger partial charge in [0.2, 0.25) is 5.95 Å². The molecule has 0 bridgehead atoms. The Hall–Kier alpha value is -5.07. The summed E-state index contributed by atoms with van der Waals surface area (Å²) in [5.74, 6) is 0.992. The van der Waals surface area contributed by atoms with E-state index in [0.29, 0.717) is 34.0 Å². The Morgan fingerprint density at radius 1 is 0.860 bits per heavy atom. The van der Waals surface area contributed by atoms with Gasteiger partial charge in [0.25, 0.3) is 0 Å². The van der Waals surface area contributed by atoms with Crippen molar-refractivity contribution in [3.63, 3.8) is 0 Å². The standard InChI is InChI=1S/C30H22F6N6O/c1-42-24-11-10-20(15-22(24)39-28(42)38-19-9-5-8-18(14-19)29(31,32)33)43-21-12-13-37-23(16-21)27-40-25(17-6-3-2-4-7-17)26(41-27)30(34,35)36/h2-16,25-26H,1H3,(H,38,39)(H,40,41). The molecule has 0 saturated heterocycles. The molecule has 0 fully saturated rings. The maximum Gasteiger partial charge on any atom is 0.416 e. The molecule has 0 saturated carbocycles. The Labute approximate surface area is 240 Å². The number of nitrogens with one attached hydrogen (secondary N) is 2. The molecule has 1 aliphatic rings. The summed E-state index contributed by atoms with van der Waals surface area (Å²) in [6.07, 6.45) is -7.62. The molecular weight excluding hydrogens is 574 g/mol. The predicted octanol–water partition coefficient (Wildman–Crippen LogP) is 7.55. The van der Waals surface area contributed by atoms with Crippen molar-refractivity contribution in [1.82, 2.24) is 19.9 Å². The van der Waals surface area contributed by atoms with Crippen LogP contribution in [0.25, 0.3) is 11.0 Å². The van der Waals surface area contributed by atoms with Crippen molar-refractivity contribution in [2.24, 2.45) is 12.0 Å². The second-order valence-electron chi connectivity index (χ2n) is 9.82. The smallest absolute Gasteiger partial charge is 0.416 e. The molecule has 220 valence electrons. The number of imidazole rings is 1. The average Bonchev–Trinajstić information content (AvgIpc) is 3.56. The number of amidine groups is 1. The van der Waals surface area contributed by atoms with Crippen molar-refractivity contribution in [2.75, 3.05) is 5.32 Å². The summed E-state index contributed by atoms with van der Waals surface area (Å²) < 4.78 is 88.6. The van der Waals surface area contributed by atoms with E-state index in [0.717, 1.165) is 12.1 Å². The van der Waals surface area contributed by atoms with Crippen LogP contribution in [-0.2, 0) is 13.2 Å². The third kappa shape index (κ3) is 5.83. The number of hydrogen-bond acceptors (Lipinski definition) is 6. The minimum Gasteiger partial charge on any atom is -0.457 e. The maximum absolute atomic E-state index is 13.9. The van der Waals surface area contributed by atoms with Gasteiger partial charge in [0.05, 0.1) is 16.6 Å². The number of aryl methyl sites for hydroxylation is 1. The molecule has 0 aliphatic carbocycles. The molecule has 7 nitrogen and oxygen atoms in total. The molecule has 6 rings (SSSR count). The van der Waals surface area contributed by atoms with E-state index in [9.17, 15) is 26.3 Å². The van der Waals surface area contributed by atoms with E-state index in [-0.39, 0.29) is 17.2 Å². The minimum absolute atomic E-state index is 0.00730. The Balaban J connectivity index is 1.23. The van der Waals surface area contributed by atoms with E-state index >= 15 is 0 Å². The fraction of sp³-hybridized carbons (Fsp3) is 0.167. The lowest BCUT2D eigenvalue weighted by atomic mass is 10.0. The van der Waals surface area contributed by atoms with Gasteiger partial charge in [-0.2, -0.15) is 26.3 Å². The highest BCUT2D eigenvalue weighted by Gasteiger charge is 2.49. The van der Waals surface area contributed by atoms with Crippen LogP contribution in [0.4, 0.5) is 38.0 Å². The molecule has 5 aromatic rings. The van der Waals surface area contributed by atoms with Crippen LogP contribution in [0.5, 0.6) is 11.5 Å². The lowest BCUT2D eigenvalue weighted by molar-refractivity contribution is -0.154. The highest BCUT2D eigenvalue weighted by atomic mass is 19.4. The van der Waals surface area contributed by atoms with Crippen LogP contribution in [0, 0.1) is 0 Å². The summed E-state index contributed by atoms with van der Waals surface area (Å²) >= 11 is 0. The zero-order valence-corrected chi connectivity index (χ0v) is 22.3. The molecule has 2 atom stereocenters. The largest absolute Gasteiger partial charge is 0.457 e. The Bertz CT molecular complexity index is 1820. The van der Waals surface area contributed by atoms with Gasteiger partial charge < -0.3 is 19.9 Å². The zero-order chi connectivity index (χ0) is 30.4. The number of nitrogens with zero attached hydrogens (tertiary/aromatic N) is 4. The summed E-state index contributed by atoms with van der Waals surface area (Å²) in [5.41, 5.74) is 1.23. The quantitative estimate of drug-likeness (QED) is 0.198. The molecule has 2 N–H and O–H groups in total. The number of ether oxygens (including phenoxy) is 1. The number of fused-ring (bicyclic) bond motifs is 1. The Morgan fingerprint density at radius 3 is 2.37 bits per heavy atom. The SMILES string of the molecule is Cn1c(Nc2cccc(C(F)(F)F)c2)nc2cc(Oc3ccnc(C4=NC(c5ccccc5)C(C(F)(F)F)N4)c3)ccc21. The normalized spacial score (nSPS) is 17.0. The van der Waals surface area contributed by atoms with Crippen LogP contribution in [-0.4, -0.2) is 32.6 Å². The first kappa shape index (κ1) is 28.1. The fourth-order valence-corrected chi connectivity index (χ4v) is 4.79. The van der Waals surface area contributed by atoms with Gasteiger partial charge in [0.1, 0.15) is 29.1 Å². The molecule has 0 spiro atoms. The lowest BCUT2D eigenvalue weighted by Crippen LogP contribution is -2.44. The molecular formula is C30H22F6N6O. The fourth-order valence-electron chi connectivity index (χ4n) is 4.79. The van der Waals surface area contributed by atoms with Gasteiger partial charge >= 0.3 is 12.4 Å². The Kier molecular flexibility index (Phi) is 6.95. The van der Waals surface area contributed by atoms with Crippen LogP contribution in [0.2, 0.25) is 0 Å². The number of pyridine rings is 1. The van der Waals surface area contributed by atoms with Crippen LogP contribution in [0.3, 0.4) is 0 Å². The monoisotopic (exact) mass is 596 g/mol. The third-order valence-electron chi connectivity index (χ3n) is 6.88. The van der Waals surface area contributed by atoms with Gasteiger partial charge in [0, 0.05) is 31.1 Å². The van der Waals surface area contributed by atoms with E-state index in [2.05, 4.69) is 25.6 Å². The number of rotatable bonds is 6. The molecule has 2 aromatic heterocycles. The first-order chi connectivity index (χ1) is 20.5. The van der Waals surface area contributed by atoms with E-state index < -0.39 is 30.0 Å². The van der Waals surface area contributed by atoms with Crippen LogP contribution >= 0.6 is 0 Å². The number of benzene rings is 3. The third-order valence-corrected chi connectivity index (χ3v) is 6.88. The number of anilines is 2. The van der Waals surface area contributed by atoms with Crippen LogP contribution in [0.15, 0.2) is 96.1 Å². The number of aliphatic imine (C=N–C) groups is 1. The van der Waals surface area contributed by atoms with Crippen molar-refractivity contribution >= 4 is 28.5 Å².